The fourth-order valence-corrected chi connectivity index (χ4v) is 5.05. The standard InChI is InChI=1S/C24H26N4O4/c29-21(26-11-5-6-12-26)15-27-14-16(18-9-3-4-10-20(18)27)13-19-22(30)25-24(32)28(23(19)31)17-7-1-2-8-17/h3-4,9-10,13-14,17H,1-2,5-8,11-12,15H2,(H,25,30,32)/b19-13-. The van der Waals surface area contributed by atoms with E-state index in [9.17, 15) is 19.2 Å². The zero-order valence-electron chi connectivity index (χ0n) is 17.9. The highest BCUT2D eigenvalue weighted by atomic mass is 16.2. The van der Waals surface area contributed by atoms with E-state index in [2.05, 4.69) is 5.32 Å². The number of rotatable bonds is 4. The maximum atomic E-state index is 13.1. The van der Waals surface area contributed by atoms with Gasteiger partial charge in [-0.3, -0.25) is 24.6 Å². The number of hydrogen-bond acceptors (Lipinski definition) is 4. The lowest BCUT2D eigenvalue weighted by Crippen LogP contribution is -2.57. The second-order valence-corrected chi connectivity index (χ2v) is 8.75. The van der Waals surface area contributed by atoms with Gasteiger partial charge in [-0.1, -0.05) is 31.0 Å². The van der Waals surface area contributed by atoms with Gasteiger partial charge in [-0.2, -0.15) is 0 Å². The Bertz CT molecular complexity index is 1140. The monoisotopic (exact) mass is 434 g/mol. The van der Waals surface area contributed by atoms with E-state index in [4.69, 9.17) is 0 Å². The van der Waals surface area contributed by atoms with Crippen LogP contribution in [0.3, 0.4) is 0 Å². The van der Waals surface area contributed by atoms with Gasteiger partial charge in [0.25, 0.3) is 11.8 Å². The Morgan fingerprint density at radius 1 is 1.03 bits per heavy atom. The number of para-hydroxylation sites is 1. The number of nitrogens with zero attached hydrogens (tertiary/aromatic N) is 3. The molecule has 3 aliphatic rings. The summed E-state index contributed by atoms with van der Waals surface area (Å²) in [7, 11) is 0. The van der Waals surface area contributed by atoms with Crippen LogP contribution in [-0.2, 0) is 20.9 Å². The summed E-state index contributed by atoms with van der Waals surface area (Å²) in [6.07, 6.45) is 8.87. The number of hydrogen-bond donors (Lipinski definition) is 1. The molecule has 1 aromatic heterocycles. The van der Waals surface area contributed by atoms with E-state index in [-0.39, 0.29) is 24.1 Å². The van der Waals surface area contributed by atoms with Gasteiger partial charge in [-0.25, -0.2) is 4.79 Å². The summed E-state index contributed by atoms with van der Waals surface area (Å²) >= 11 is 0. The molecule has 8 heteroatoms. The van der Waals surface area contributed by atoms with Crippen LogP contribution in [0.25, 0.3) is 17.0 Å². The minimum atomic E-state index is -0.681. The number of barbiturate groups is 1. The molecule has 0 radical (unpaired) electrons. The minimum absolute atomic E-state index is 0.0507. The van der Waals surface area contributed by atoms with Crippen molar-refractivity contribution < 1.29 is 19.2 Å². The number of amides is 5. The van der Waals surface area contributed by atoms with Crippen molar-refractivity contribution in [2.24, 2.45) is 0 Å². The van der Waals surface area contributed by atoms with Gasteiger partial charge in [-0.15, -0.1) is 0 Å². The van der Waals surface area contributed by atoms with E-state index in [1.54, 1.807) is 6.08 Å². The number of nitrogens with one attached hydrogen (secondary N) is 1. The van der Waals surface area contributed by atoms with Gasteiger partial charge in [0, 0.05) is 41.8 Å². The first kappa shape index (κ1) is 20.5. The normalized spacial score (nSPS) is 21.2. The Labute approximate surface area is 185 Å². The number of benzene rings is 1. The molecule has 1 aromatic carbocycles. The number of aromatic nitrogens is 1. The number of urea groups is 1. The van der Waals surface area contributed by atoms with Crippen molar-refractivity contribution in [2.75, 3.05) is 13.1 Å². The highest BCUT2D eigenvalue weighted by Gasteiger charge is 2.40. The van der Waals surface area contributed by atoms with Crippen molar-refractivity contribution in [1.82, 2.24) is 19.7 Å². The van der Waals surface area contributed by atoms with Crippen LogP contribution in [-0.4, -0.2) is 57.3 Å². The molecule has 8 nitrogen and oxygen atoms in total. The van der Waals surface area contributed by atoms with Crippen LogP contribution in [0.2, 0.25) is 0 Å². The molecule has 3 fully saturated rings. The van der Waals surface area contributed by atoms with Crippen LogP contribution >= 0.6 is 0 Å². The molecule has 2 aliphatic heterocycles. The van der Waals surface area contributed by atoms with E-state index in [1.165, 1.54) is 4.90 Å². The summed E-state index contributed by atoms with van der Waals surface area (Å²) in [6, 6.07) is 6.81. The number of carbonyl (C=O) groups excluding carboxylic acids is 4. The topological polar surface area (TPSA) is 91.7 Å². The third-order valence-electron chi connectivity index (χ3n) is 6.71. The van der Waals surface area contributed by atoms with Crippen LogP contribution in [0.4, 0.5) is 4.79 Å². The van der Waals surface area contributed by atoms with Crippen molar-refractivity contribution in [3.05, 3.63) is 41.6 Å². The summed E-state index contributed by atoms with van der Waals surface area (Å²) in [5.41, 5.74) is 1.48. The van der Waals surface area contributed by atoms with E-state index in [0.29, 0.717) is 5.56 Å². The summed E-state index contributed by atoms with van der Waals surface area (Å²) in [4.78, 5) is 53.9. The van der Waals surface area contributed by atoms with Gasteiger partial charge in [0.15, 0.2) is 0 Å². The van der Waals surface area contributed by atoms with Gasteiger partial charge >= 0.3 is 6.03 Å². The van der Waals surface area contributed by atoms with Gasteiger partial charge in [-0.05, 0) is 37.8 Å². The van der Waals surface area contributed by atoms with Crippen molar-refractivity contribution in [1.29, 1.82) is 0 Å². The maximum Gasteiger partial charge on any atom is 0.331 e. The predicted octanol–water partition coefficient (Wildman–Crippen LogP) is 2.67. The van der Waals surface area contributed by atoms with Crippen LogP contribution in [0.5, 0.6) is 0 Å². The minimum Gasteiger partial charge on any atom is -0.341 e. The molecule has 3 heterocycles. The lowest BCUT2D eigenvalue weighted by Gasteiger charge is -2.31. The molecule has 32 heavy (non-hydrogen) atoms. The Kier molecular flexibility index (Phi) is 5.28. The SMILES string of the molecule is O=C1NC(=O)N(C2CCCC2)C(=O)/C1=C\c1cn(CC(=O)N2CCCC2)c2ccccc12. The largest absolute Gasteiger partial charge is 0.341 e. The highest BCUT2D eigenvalue weighted by Crippen LogP contribution is 2.29. The smallest absolute Gasteiger partial charge is 0.331 e. The lowest BCUT2D eigenvalue weighted by molar-refractivity contribution is -0.132. The van der Waals surface area contributed by atoms with E-state index >= 15 is 0 Å². The lowest BCUT2D eigenvalue weighted by atomic mass is 10.0. The Morgan fingerprint density at radius 2 is 1.75 bits per heavy atom. The van der Waals surface area contributed by atoms with Crippen molar-refractivity contribution >= 4 is 40.7 Å². The molecular weight excluding hydrogens is 408 g/mol. The summed E-state index contributed by atoms with van der Waals surface area (Å²) < 4.78 is 1.87. The Balaban J connectivity index is 1.49. The molecule has 1 N–H and O–H groups in total. The van der Waals surface area contributed by atoms with E-state index in [0.717, 1.165) is 62.5 Å². The van der Waals surface area contributed by atoms with Gasteiger partial charge in [0.1, 0.15) is 12.1 Å². The number of likely N-dealkylation sites (tertiary alicyclic amines) is 1. The van der Waals surface area contributed by atoms with Crippen molar-refractivity contribution in [3.8, 4) is 0 Å². The number of fused-ring (bicyclic) bond motifs is 1. The van der Waals surface area contributed by atoms with Crippen LogP contribution in [0.1, 0.15) is 44.1 Å². The van der Waals surface area contributed by atoms with Gasteiger partial charge in [0.05, 0.1) is 0 Å². The third-order valence-corrected chi connectivity index (χ3v) is 6.71. The molecule has 2 aromatic rings. The zero-order valence-corrected chi connectivity index (χ0v) is 17.9. The predicted molar refractivity (Wildman–Crippen MR) is 118 cm³/mol. The molecule has 0 spiro atoms. The molecule has 5 rings (SSSR count). The second-order valence-electron chi connectivity index (χ2n) is 8.75. The van der Waals surface area contributed by atoms with Crippen molar-refractivity contribution in [2.45, 2.75) is 51.1 Å². The first-order chi connectivity index (χ1) is 15.5. The zero-order chi connectivity index (χ0) is 22.2. The first-order valence-corrected chi connectivity index (χ1v) is 11.3. The molecule has 1 saturated carbocycles. The third kappa shape index (κ3) is 3.59. The van der Waals surface area contributed by atoms with Crippen LogP contribution in [0, 0.1) is 0 Å². The average molecular weight is 434 g/mol. The quantitative estimate of drug-likeness (QED) is 0.592. The average Bonchev–Trinajstić information content (AvgIpc) is 3.54. The molecule has 2 saturated heterocycles. The van der Waals surface area contributed by atoms with Gasteiger partial charge < -0.3 is 9.47 Å². The Hall–Kier alpha value is -3.42. The molecule has 0 bridgehead atoms. The second kappa shape index (κ2) is 8.26. The van der Waals surface area contributed by atoms with Gasteiger partial charge in [0.2, 0.25) is 5.91 Å². The van der Waals surface area contributed by atoms with E-state index in [1.807, 2.05) is 39.9 Å². The number of imide groups is 2. The fourth-order valence-electron chi connectivity index (χ4n) is 5.05. The Morgan fingerprint density at radius 3 is 2.50 bits per heavy atom. The molecule has 1 aliphatic carbocycles. The van der Waals surface area contributed by atoms with Crippen LogP contribution < -0.4 is 5.32 Å². The summed E-state index contributed by atoms with van der Waals surface area (Å²) in [5.74, 6) is -1.17. The van der Waals surface area contributed by atoms with Crippen LogP contribution in [0.15, 0.2) is 36.0 Å². The molecule has 0 unspecified atom stereocenters. The molecular formula is C24H26N4O4. The molecule has 166 valence electrons. The summed E-state index contributed by atoms with van der Waals surface area (Å²) in [6.45, 7) is 1.78. The number of carbonyl (C=O) groups is 4. The fraction of sp³-hybridized carbons (Fsp3) is 0.417. The molecule has 0 atom stereocenters. The highest BCUT2D eigenvalue weighted by molar-refractivity contribution is 6.31. The van der Waals surface area contributed by atoms with Crippen molar-refractivity contribution in [3.63, 3.8) is 0 Å². The van der Waals surface area contributed by atoms with E-state index < -0.39 is 17.8 Å². The first-order valence-electron chi connectivity index (χ1n) is 11.3. The maximum absolute atomic E-state index is 13.1. The summed E-state index contributed by atoms with van der Waals surface area (Å²) in [5, 5.41) is 3.17. The molecule has 5 amide bonds.